The monoisotopic (exact) mass is 978 g/mol. The maximum atomic E-state index is 4.57. The van der Waals surface area contributed by atoms with Gasteiger partial charge in [0.2, 0.25) is 0 Å². The topological polar surface area (TPSA) is 129 Å². The Morgan fingerprint density at radius 2 is 0.345 bits per heavy atom. The summed E-state index contributed by atoms with van der Waals surface area (Å²) >= 11 is 3.64. The number of nitrogens with zero attached hydrogens (tertiary/aromatic N) is 10. The van der Waals surface area contributed by atoms with Crippen molar-refractivity contribution in [3.8, 4) is 45.6 Å². The normalized spacial score (nSPS) is 9.03. The third-order valence-corrected chi connectivity index (χ3v) is 6.85. The van der Waals surface area contributed by atoms with Crippen molar-refractivity contribution in [2.45, 2.75) is 0 Å². The summed E-state index contributed by atoms with van der Waals surface area (Å²) in [5.41, 5.74) is 7.32. The van der Waals surface area contributed by atoms with Crippen molar-refractivity contribution in [2.24, 2.45) is 0 Å². The Morgan fingerprint density at radius 3 is 0.431 bits per heavy atom. The SMILES string of the molecule is [Cl][Ru].[Cl][Ru].c1ccc(-c2ccccn2)nc1.c1ccc(-c2ccccn2)nc1.c1ccc(-c2ccccn2)nc1.c1ccc(-c2ccccn2)nc1.c1cnccn1. The van der Waals surface area contributed by atoms with Gasteiger partial charge in [-0.3, -0.25) is 49.8 Å². The first-order valence-corrected chi connectivity index (χ1v) is 21.6. The molecule has 0 N–H and O–H groups in total. The van der Waals surface area contributed by atoms with Crippen molar-refractivity contribution >= 4 is 19.4 Å². The number of hydrogen-bond donors (Lipinski definition) is 0. The number of rotatable bonds is 4. The predicted octanol–water partition coefficient (Wildman–Crippen LogP) is 10.4. The molecule has 0 radical (unpaired) electrons. The summed E-state index contributed by atoms with van der Waals surface area (Å²) < 4.78 is 0. The van der Waals surface area contributed by atoms with E-state index in [0.29, 0.717) is 0 Å². The van der Waals surface area contributed by atoms with Crippen LogP contribution >= 0.6 is 19.4 Å². The van der Waals surface area contributed by atoms with Gasteiger partial charge in [0.25, 0.3) is 0 Å². The molecule has 9 aromatic heterocycles. The molecular formula is C44H36Cl2N10Ru2. The van der Waals surface area contributed by atoms with Crippen molar-refractivity contribution in [3.05, 3.63) is 220 Å². The molecule has 0 bridgehead atoms. The maximum Gasteiger partial charge on any atom is 0.0886 e. The van der Waals surface area contributed by atoms with Crippen LogP contribution < -0.4 is 0 Å². The second-order valence-electron chi connectivity index (χ2n) is 10.6. The van der Waals surface area contributed by atoms with Gasteiger partial charge in [-0.25, -0.2) is 0 Å². The number of pyridine rings is 8. The van der Waals surface area contributed by atoms with Gasteiger partial charge in [-0.1, -0.05) is 48.5 Å². The van der Waals surface area contributed by atoms with Crippen LogP contribution in [0.3, 0.4) is 0 Å². The molecule has 0 aliphatic rings. The van der Waals surface area contributed by atoms with Gasteiger partial charge < -0.3 is 0 Å². The Morgan fingerprint density at radius 1 is 0.207 bits per heavy atom. The number of hydrogen-bond acceptors (Lipinski definition) is 10. The Bertz CT molecular complexity index is 1770. The van der Waals surface area contributed by atoms with Crippen molar-refractivity contribution in [1.29, 1.82) is 0 Å². The fraction of sp³-hybridized carbons (Fsp3) is 0. The Balaban J connectivity index is 0.000000192. The van der Waals surface area contributed by atoms with E-state index in [4.69, 9.17) is 0 Å². The molecule has 10 nitrogen and oxygen atoms in total. The van der Waals surface area contributed by atoms with Crippen LogP contribution in [0.25, 0.3) is 45.6 Å². The van der Waals surface area contributed by atoms with E-state index in [1.807, 2.05) is 180 Å². The average Bonchev–Trinajstić information content (AvgIpc) is 3.36. The third kappa shape index (κ3) is 18.8. The molecule has 0 atom stereocenters. The first-order valence-electron chi connectivity index (χ1n) is 17.1. The van der Waals surface area contributed by atoms with E-state index in [2.05, 4.69) is 69.2 Å². The summed E-state index contributed by atoms with van der Waals surface area (Å²) in [6.07, 6.45) is 20.7. The third-order valence-electron chi connectivity index (χ3n) is 6.85. The van der Waals surface area contributed by atoms with Gasteiger partial charge in [0, 0.05) is 74.4 Å². The van der Waals surface area contributed by atoms with Gasteiger partial charge in [0.05, 0.1) is 45.6 Å². The Hall–Kier alpha value is -5.89. The zero-order valence-corrected chi connectivity index (χ0v) is 35.7. The average molecular weight is 978 g/mol. The van der Waals surface area contributed by atoms with Crippen molar-refractivity contribution < 1.29 is 34.6 Å². The molecule has 0 aliphatic heterocycles. The van der Waals surface area contributed by atoms with Crippen molar-refractivity contribution in [2.75, 3.05) is 0 Å². The van der Waals surface area contributed by atoms with Crippen molar-refractivity contribution in [3.63, 3.8) is 0 Å². The predicted molar refractivity (Wildman–Crippen MR) is 224 cm³/mol. The van der Waals surface area contributed by atoms with E-state index in [-0.39, 0.29) is 0 Å². The summed E-state index contributed by atoms with van der Waals surface area (Å²) in [4.78, 5) is 40.9. The minimum atomic E-state index is 0.915. The van der Waals surface area contributed by atoms with Crippen LogP contribution in [0.5, 0.6) is 0 Å². The van der Waals surface area contributed by atoms with Gasteiger partial charge in [-0.2, -0.15) is 0 Å². The van der Waals surface area contributed by atoms with Gasteiger partial charge in [0.1, 0.15) is 0 Å². The van der Waals surface area contributed by atoms with E-state index in [0.717, 1.165) is 45.6 Å². The molecular weight excluding hydrogens is 942 g/mol. The molecule has 9 heterocycles. The van der Waals surface area contributed by atoms with Crippen LogP contribution in [-0.4, -0.2) is 49.8 Å². The van der Waals surface area contributed by atoms with Crippen LogP contribution in [-0.2, 0) is 34.6 Å². The van der Waals surface area contributed by atoms with E-state index in [9.17, 15) is 0 Å². The molecule has 0 saturated carbocycles. The van der Waals surface area contributed by atoms with Gasteiger partial charge in [0.15, 0.2) is 0 Å². The summed E-state index contributed by atoms with van der Waals surface area (Å²) in [6, 6.07) is 46.4. The van der Waals surface area contributed by atoms with E-state index < -0.39 is 0 Å². The second-order valence-corrected chi connectivity index (χ2v) is 10.6. The molecule has 58 heavy (non-hydrogen) atoms. The van der Waals surface area contributed by atoms with E-state index in [1.54, 1.807) is 74.4 Å². The smallest absolute Gasteiger partial charge is 0.0886 e. The van der Waals surface area contributed by atoms with Crippen LogP contribution in [0.2, 0.25) is 0 Å². The van der Waals surface area contributed by atoms with Crippen LogP contribution in [0.1, 0.15) is 0 Å². The molecule has 9 rings (SSSR count). The summed E-state index contributed by atoms with van der Waals surface area (Å²) in [7, 11) is 9.14. The molecule has 0 fully saturated rings. The minimum Gasteiger partial charge on any atom is -0.262 e. The van der Waals surface area contributed by atoms with Crippen LogP contribution in [0, 0.1) is 0 Å². The Kier molecular flexibility index (Phi) is 25.0. The van der Waals surface area contributed by atoms with Gasteiger partial charge >= 0.3 is 54.0 Å². The maximum absolute atomic E-state index is 4.57. The molecule has 0 saturated heterocycles. The molecule has 0 amide bonds. The zero-order chi connectivity index (χ0) is 41.1. The quantitative estimate of drug-likeness (QED) is 0.157. The fourth-order valence-corrected chi connectivity index (χ4v) is 4.37. The molecule has 0 spiro atoms. The zero-order valence-electron chi connectivity index (χ0n) is 30.7. The second kappa shape index (κ2) is 31.2. The minimum absolute atomic E-state index is 0.915. The number of halogens is 2. The Labute approximate surface area is 366 Å². The van der Waals surface area contributed by atoms with Crippen LogP contribution in [0.15, 0.2) is 220 Å². The van der Waals surface area contributed by atoms with Gasteiger partial charge in [-0.05, 0) is 97.1 Å². The summed E-state index contributed by atoms with van der Waals surface area (Å²) in [6.45, 7) is 0. The summed E-state index contributed by atoms with van der Waals surface area (Å²) in [5, 5.41) is 0. The first kappa shape index (κ1) is 46.5. The van der Waals surface area contributed by atoms with E-state index >= 15 is 0 Å². The first-order chi connectivity index (χ1) is 28.9. The summed E-state index contributed by atoms with van der Waals surface area (Å²) in [5.74, 6) is 0. The molecule has 0 aliphatic carbocycles. The van der Waals surface area contributed by atoms with E-state index in [1.165, 1.54) is 0 Å². The van der Waals surface area contributed by atoms with Crippen LogP contribution in [0.4, 0.5) is 0 Å². The molecule has 9 aromatic rings. The molecule has 292 valence electrons. The largest absolute Gasteiger partial charge is 0.262 e. The van der Waals surface area contributed by atoms with Gasteiger partial charge in [-0.15, -0.1) is 0 Å². The van der Waals surface area contributed by atoms with Crippen molar-refractivity contribution in [1.82, 2.24) is 49.8 Å². The number of aromatic nitrogens is 10. The molecule has 0 unspecified atom stereocenters. The molecule has 0 aromatic carbocycles. The molecule has 14 heteroatoms. The fourth-order valence-electron chi connectivity index (χ4n) is 4.37. The standard InChI is InChI=1S/4C10H8N2.C4H4N2.2ClH.2Ru/c4*1-3-7-11-9(5-1)10-6-2-4-8-12-10;1-2-6-4-3-5-1;;;;/h4*1-8H;1-4H;2*1H;;/q;;;;;;;2*+1/p-2.